The fourth-order valence-electron chi connectivity index (χ4n) is 3.03. The molecule has 0 bridgehead atoms. The first-order chi connectivity index (χ1) is 14.5. The zero-order valence-corrected chi connectivity index (χ0v) is 17.5. The van der Waals surface area contributed by atoms with Crippen molar-refractivity contribution in [2.24, 2.45) is 0 Å². The highest BCUT2D eigenvalue weighted by Crippen LogP contribution is 2.31. The highest BCUT2D eigenvalue weighted by Gasteiger charge is 2.35. The van der Waals surface area contributed by atoms with Gasteiger partial charge >= 0.3 is 0 Å². The highest BCUT2D eigenvalue weighted by molar-refractivity contribution is 7.98. The molecule has 2 N–H and O–H groups in total. The number of amides is 2. The number of nitrogens with zero attached hydrogens (tertiary/aromatic N) is 3. The summed E-state index contributed by atoms with van der Waals surface area (Å²) < 4.78 is 6.70. The Labute approximate surface area is 182 Å². The molecule has 30 heavy (non-hydrogen) atoms. The number of carbonyl (C=O) groups excluding carboxylic acids is 2. The van der Waals surface area contributed by atoms with Crippen molar-refractivity contribution in [2.75, 3.05) is 17.7 Å². The molecule has 10 heteroatoms. The summed E-state index contributed by atoms with van der Waals surface area (Å²) in [4.78, 5) is 29.2. The van der Waals surface area contributed by atoms with E-state index in [2.05, 4.69) is 20.7 Å². The molecule has 0 aliphatic carbocycles. The van der Waals surface area contributed by atoms with Crippen LogP contribution in [-0.2, 0) is 15.3 Å². The van der Waals surface area contributed by atoms with Crippen LogP contribution in [0, 0.1) is 0 Å². The van der Waals surface area contributed by atoms with E-state index in [0.717, 1.165) is 5.56 Å². The summed E-state index contributed by atoms with van der Waals surface area (Å²) in [5.74, 6) is 0.839. The van der Waals surface area contributed by atoms with Crippen molar-refractivity contribution in [3.05, 3.63) is 59.1 Å². The van der Waals surface area contributed by atoms with Crippen molar-refractivity contribution in [1.82, 2.24) is 14.8 Å². The Balaban J connectivity index is 1.43. The van der Waals surface area contributed by atoms with Gasteiger partial charge in [-0.25, -0.2) is 4.68 Å². The van der Waals surface area contributed by atoms with Gasteiger partial charge in [0, 0.05) is 10.8 Å². The van der Waals surface area contributed by atoms with Crippen molar-refractivity contribution < 1.29 is 14.3 Å². The molecule has 2 amide bonds. The first kappa shape index (κ1) is 20.2. The SMILES string of the molecule is COc1ccc(Cl)cc1NC(=O)CC1C(=O)Nc2nc(SCc3ccccc3)nn21. The second-order valence-electron chi connectivity index (χ2n) is 6.54. The Bertz CT molecular complexity index is 1090. The number of hydrogen-bond donors (Lipinski definition) is 2. The van der Waals surface area contributed by atoms with E-state index in [4.69, 9.17) is 16.3 Å². The smallest absolute Gasteiger partial charge is 0.252 e. The number of fused-ring (bicyclic) bond motifs is 1. The predicted molar refractivity (Wildman–Crippen MR) is 115 cm³/mol. The number of aromatic nitrogens is 3. The number of methoxy groups -OCH3 is 1. The number of ether oxygens (including phenoxy) is 1. The number of anilines is 2. The van der Waals surface area contributed by atoms with Gasteiger partial charge in [0.05, 0.1) is 19.2 Å². The van der Waals surface area contributed by atoms with Crippen LogP contribution < -0.4 is 15.4 Å². The molecule has 8 nitrogen and oxygen atoms in total. The third-order valence-corrected chi connectivity index (χ3v) is 5.61. The first-order valence-corrected chi connectivity index (χ1v) is 10.5. The van der Waals surface area contributed by atoms with Crippen molar-refractivity contribution in [2.45, 2.75) is 23.4 Å². The van der Waals surface area contributed by atoms with E-state index >= 15 is 0 Å². The first-order valence-electron chi connectivity index (χ1n) is 9.11. The lowest BCUT2D eigenvalue weighted by atomic mass is 10.2. The van der Waals surface area contributed by atoms with Crippen LogP contribution in [0.5, 0.6) is 5.75 Å². The molecule has 1 aliphatic rings. The molecule has 1 unspecified atom stereocenters. The average molecular weight is 444 g/mol. The molecule has 1 aromatic heterocycles. The Morgan fingerprint density at radius 3 is 2.87 bits per heavy atom. The van der Waals surface area contributed by atoms with E-state index in [0.29, 0.717) is 33.3 Å². The van der Waals surface area contributed by atoms with Crippen LogP contribution >= 0.6 is 23.4 Å². The molecule has 3 aromatic rings. The van der Waals surface area contributed by atoms with Crippen molar-refractivity contribution in [3.63, 3.8) is 0 Å². The summed E-state index contributed by atoms with van der Waals surface area (Å²) in [6.45, 7) is 0. The maximum Gasteiger partial charge on any atom is 0.252 e. The fraction of sp³-hybridized carbons (Fsp3) is 0.200. The molecule has 0 radical (unpaired) electrons. The van der Waals surface area contributed by atoms with Gasteiger partial charge in [0.15, 0.2) is 0 Å². The van der Waals surface area contributed by atoms with Crippen LogP contribution in [0.25, 0.3) is 0 Å². The number of rotatable bonds is 7. The molecule has 154 valence electrons. The zero-order chi connectivity index (χ0) is 21.1. The molecule has 4 rings (SSSR count). The Morgan fingerprint density at radius 2 is 2.10 bits per heavy atom. The lowest BCUT2D eigenvalue weighted by Crippen LogP contribution is -2.24. The van der Waals surface area contributed by atoms with Crippen LogP contribution in [0.4, 0.5) is 11.6 Å². The van der Waals surface area contributed by atoms with E-state index in [1.54, 1.807) is 18.2 Å². The second kappa shape index (κ2) is 8.76. The summed E-state index contributed by atoms with van der Waals surface area (Å²) in [5.41, 5.74) is 1.58. The van der Waals surface area contributed by atoms with Gasteiger partial charge in [0.25, 0.3) is 5.91 Å². The molecule has 1 atom stereocenters. The predicted octanol–water partition coefficient (Wildman–Crippen LogP) is 3.75. The number of carbonyl (C=O) groups is 2. The lowest BCUT2D eigenvalue weighted by Gasteiger charge is -2.12. The average Bonchev–Trinajstić information content (AvgIpc) is 3.25. The van der Waals surface area contributed by atoms with E-state index in [-0.39, 0.29) is 18.2 Å². The van der Waals surface area contributed by atoms with Crippen LogP contribution in [0.15, 0.2) is 53.7 Å². The van der Waals surface area contributed by atoms with E-state index in [9.17, 15) is 9.59 Å². The minimum Gasteiger partial charge on any atom is -0.495 e. The topological polar surface area (TPSA) is 98.1 Å². The van der Waals surface area contributed by atoms with Crippen LogP contribution in [0.3, 0.4) is 0 Å². The normalized spacial score (nSPS) is 14.9. The number of thioether (sulfide) groups is 1. The molecular formula is C20H18ClN5O3S. The molecule has 0 fully saturated rings. The van der Waals surface area contributed by atoms with Gasteiger partial charge in [-0.3, -0.25) is 14.9 Å². The lowest BCUT2D eigenvalue weighted by molar-refractivity contribution is -0.123. The largest absolute Gasteiger partial charge is 0.495 e. The van der Waals surface area contributed by atoms with Gasteiger partial charge in [0.2, 0.25) is 17.0 Å². The summed E-state index contributed by atoms with van der Waals surface area (Å²) in [6.07, 6.45) is -0.0966. The summed E-state index contributed by atoms with van der Waals surface area (Å²) >= 11 is 7.46. The van der Waals surface area contributed by atoms with Gasteiger partial charge in [-0.15, -0.1) is 5.10 Å². The number of nitrogens with one attached hydrogen (secondary N) is 2. The van der Waals surface area contributed by atoms with Gasteiger partial charge in [-0.2, -0.15) is 4.98 Å². The van der Waals surface area contributed by atoms with Gasteiger partial charge in [0.1, 0.15) is 11.8 Å². The highest BCUT2D eigenvalue weighted by atomic mass is 35.5. The molecular weight excluding hydrogens is 426 g/mol. The quantitative estimate of drug-likeness (QED) is 0.539. The van der Waals surface area contributed by atoms with Gasteiger partial charge < -0.3 is 10.1 Å². The summed E-state index contributed by atoms with van der Waals surface area (Å²) in [7, 11) is 1.50. The van der Waals surface area contributed by atoms with Crippen molar-refractivity contribution in [3.8, 4) is 5.75 Å². The summed E-state index contributed by atoms with van der Waals surface area (Å²) in [6, 6.07) is 14.1. The number of hydrogen-bond acceptors (Lipinski definition) is 6. The molecule has 2 aromatic carbocycles. The monoisotopic (exact) mass is 443 g/mol. The maximum atomic E-state index is 12.6. The van der Waals surface area contributed by atoms with Crippen molar-refractivity contribution in [1.29, 1.82) is 0 Å². The van der Waals surface area contributed by atoms with E-state index < -0.39 is 6.04 Å². The van der Waals surface area contributed by atoms with Gasteiger partial charge in [-0.1, -0.05) is 53.7 Å². The Hall–Kier alpha value is -3.04. The van der Waals surface area contributed by atoms with Crippen LogP contribution in [0.1, 0.15) is 18.0 Å². The van der Waals surface area contributed by atoms with Crippen LogP contribution in [0.2, 0.25) is 5.02 Å². The molecule has 1 aliphatic heterocycles. The molecule has 0 saturated carbocycles. The standard InChI is InChI=1S/C20H18ClN5O3S/c1-29-16-8-7-13(21)9-14(16)22-17(27)10-15-18(28)23-19-24-20(25-26(15)19)30-11-12-5-3-2-4-6-12/h2-9,15H,10-11H2,1H3,(H,22,27)(H,23,24,25,28). The van der Waals surface area contributed by atoms with Crippen LogP contribution in [-0.4, -0.2) is 33.7 Å². The third-order valence-electron chi connectivity index (χ3n) is 4.47. The molecule has 2 heterocycles. The molecule has 0 spiro atoms. The Morgan fingerprint density at radius 1 is 1.30 bits per heavy atom. The Kier molecular flexibility index (Phi) is 5.91. The minimum absolute atomic E-state index is 0.0966. The third kappa shape index (κ3) is 4.42. The van der Waals surface area contributed by atoms with Gasteiger partial charge in [-0.05, 0) is 23.8 Å². The maximum absolute atomic E-state index is 12.6. The van der Waals surface area contributed by atoms with E-state index in [1.807, 2.05) is 30.3 Å². The van der Waals surface area contributed by atoms with E-state index in [1.165, 1.54) is 23.6 Å². The summed E-state index contributed by atoms with van der Waals surface area (Å²) in [5, 5.41) is 10.8. The minimum atomic E-state index is -0.774. The second-order valence-corrected chi connectivity index (χ2v) is 7.92. The zero-order valence-electron chi connectivity index (χ0n) is 16.0. The number of halogens is 1. The fourth-order valence-corrected chi connectivity index (χ4v) is 3.98. The molecule has 0 saturated heterocycles. The number of benzene rings is 2. The van der Waals surface area contributed by atoms with Crippen molar-refractivity contribution >= 4 is 46.8 Å².